The van der Waals surface area contributed by atoms with Gasteiger partial charge in [-0.3, -0.25) is 10.1 Å². The molecule has 0 saturated carbocycles. The summed E-state index contributed by atoms with van der Waals surface area (Å²) < 4.78 is 26.4. The Morgan fingerprint density at radius 1 is 1.08 bits per heavy atom. The van der Waals surface area contributed by atoms with E-state index in [-0.39, 0.29) is 10.6 Å². The lowest BCUT2D eigenvalue weighted by Gasteiger charge is -2.18. The Hall–Kier alpha value is -2.45. The Kier molecular flexibility index (Phi) is 6.70. The van der Waals surface area contributed by atoms with Gasteiger partial charge in [0.05, 0.1) is 9.82 Å². The first-order chi connectivity index (χ1) is 12.4. The summed E-state index contributed by atoms with van der Waals surface area (Å²) in [5.41, 5.74) is 1.18. The normalized spacial score (nSPS) is 11.5. The fourth-order valence-corrected chi connectivity index (χ4v) is 4.15. The van der Waals surface area contributed by atoms with Crippen molar-refractivity contribution in [3.05, 3.63) is 64.2 Å². The standard InChI is InChI=1S/C18H23N3O4S/c1-3-20(4-2)26(24,25)16-10-11-17(18(14-16)21(22)23)19-13-12-15-8-6-5-7-9-15/h5-11,14,19H,3-4,12-13H2,1-2H3. The van der Waals surface area contributed by atoms with Crippen LogP contribution in [0, 0.1) is 10.1 Å². The molecule has 8 heteroatoms. The number of benzene rings is 2. The van der Waals surface area contributed by atoms with Crippen LogP contribution >= 0.6 is 0 Å². The van der Waals surface area contributed by atoms with E-state index in [0.717, 1.165) is 11.6 Å². The minimum Gasteiger partial charge on any atom is -0.379 e. The molecule has 2 aromatic carbocycles. The number of nitro groups is 1. The van der Waals surface area contributed by atoms with Crippen molar-refractivity contribution in [2.24, 2.45) is 0 Å². The van der Waals surface area contributed by atoms with E-state index in [0.29, 0.717) is 31.7 Å². The Morgan fingerprint density at radius 2 is 1.73 bits per heavy atom. The zero-order valence-electron chi connectivity index (χ0n) is 14.9. The molecule has 2 rings (SSSR count). The summed E-state index contributed by atoms with van der Waals surface area (Å²) in [6.45, 7) is 4.59. The van der Waals surface area contributed by atoms with E-state index in [4.69, 9.17) is 0 Å². The van der Waals surface area contributed by atoms with Crippen LogP contribution in [0.1, 0.15) is 19.4 Å². The molecule has 7 nitrogen and oxygen atoms in total. The van der Waals surface area contributed by atoms with Crippen molar-refractivity contribution in [2.45, 2.75) is 25.2 Å². The molecule has 1 N–H and O–H groups in total. The highest BCUT2D eigenvalue weighted by molar-refractivity contribution is 7.89. The topological polar surface area (TPSA) is 92.6 Å². The van der Waals surface area contributed by atoms with Crippen LogP contribution in [0.25, 0.3) is 0 Å². The summed E-state index contributed by atoms with van der Waals surface area (Å²) in [6.07, 6.45) is 0.706. The molecule has 0 amide bonds. The Labute approximate surface area is 153 Å². The lowest BCUT2D eigenvalue weighted by molar-refractivity contribution is -0.384. The number of nitrogens with one attached hydrogen (secondary N) is 1. The molecule has 0 aliphatic heterocycles. The van der Waals surface area contributed by atoms with Crippen molar-refractivity contribution in [2.75, 3.05) is 25.0 Å². The average molecular weight is 377 g/mol. The average Bonchev–Trinajstić information content (AvgIpc) is 2.63. The van der Waals surface area contributed by atoms with Gasteiger partial charge >= 0.3 is 0 Å². The van der Waals surface area contributed by atoms with E-state index >= 15 is 0 Å². The van der Waals surface area contributed by atoms with Crippen LogP contribution in [-0.4, -0.2) is 37.3 Å². The molecule has 0 heterocycles. The molecule has 0 atom stereocenters. The molecule has 0 unspecified atom stereocenters. The number of sulfonamides is 1. The van der Waals surface area contributed by atoms with Crippen LogP contribution in [0.4, 0.5) is 11.4 Å². The predicted octanol–water partition coefficient (Wildman–Crippen LogP) is 3.28. The van der Waals surface area contributed by atoms with Gasteiger partial charge in [0.25, 0.3) is 5.69 Å². The molecule has 2 aromatic rings. The third kappa shape index (κ3) is 4.59. The minimum absolute atomic E-state index is 0.0680. The molecule has 26 heavy (non-hydrogen) atoms. The molecule has 0 radical (unpaired) electrons. The second-order valence-electron chi connectivity index (χ2n) is 5.69. The van der Waals surface area contributed by atoms with Crippen LogP contribution in [0.2, 0.25) is 0 Å². The largest absolute Gasteiger partial charge is 0.379 e. The van der Waals surface area contributed by atoms with Gasteiger partial charge in [0.1, 0.15) is 5.69 Å². The minimum atomic E-state index is -3.74. The highest BCUT2D eigenvalue weighted by Crippen LogP contribution is 2.29. The van der Waals surface area contributed by atoms with Gasteiger partial charge < -0.3 is 5.32 Å². The van der Waals surface area contributed by atoms with E-state index in [1.807, 2.05) is 30.3 Å². The Bertz CT molecular complexity index is 850. The second-order valence-corrected chi connectivity index (χ2v) is 7.63. The van der Waals surface area contributed by atoms with E-state index in [2.05, 4.69) is 5.32 Å². The lowest BCUT2D eigenvalue weighted by atomic mass is 10.1. The molecule has 0 spiro atoms. The maximum absolute atomic E-state index is 12.6. The highest BCUT2D eigenvalue weighted by Gasteiger charge is 2.25. The van der Waals surface area contributed by atoms with Gasteiger partial charge in [-0.15, -0.1) is 0 Å². The summed E-state index contributed by atoms with van der Waals surface area (Å²) >= 11 is 0. The van der Waals surface area contributed by atoms with Gasteiger partial charge in [0.15, 0.2) is 0 Å². The molecule has 0 aliphatic carbocycles. The lowest BCUT2D eigenvalue weighted by Crippen LogP contribution is -2.30. The molecule has 140 valence electrons. The fraction of sp³-hybridized carbons (Fsp3) is 0.333. The SMILES string of the molecule is CCN(CC)S(=O)(=O)c1ccc(NCCc2ccccc2)c([N+](=O)[O-])c1. The van der Waals surface area contributed by atoms with Crippen LogP contribution in [-0.2, 0) is 16.4 Å². The zero-order chi connectivity index (χ0) is 19.2. The highest BCUT2D eigenvalue weighted by atomic mass is 32.2. The number of nitrogens with zero attached hydrogens (tertiary/aromatic N) is 2. The van der Waals surface area contributed by atoms with Gasteiger partial charge in [-0.2, -0.15) is 4.31 Å². The van der Waals surface area contributed by atoms with Crippen molar-refractivity contribution in [3.8, 4) is 0 Å². The molecular formula is C18H23N3O4S. The monoisotopic (exact) mass is 377 g/mol. The van der Waals surface area contributed by atoms with Crippen LogP contribution in [0.5, 0.6) is 0 Å². The third-order valence-corrected chi connectivity index (χ3v) is 6.13. The molecule has 0 aliphatic rings. The first-order valence-corrected chi connectivity index (χ1v) is 9.90. The van der Waals surface area contributed by atoms with Crippen molar-refractivity contribution in [3.63, 3.8) is 0 Å². The summed E-state index contributed by atoms with van der Waals surface area (Å²) in [4.78, 5) is 10.8. The summed E-state index contributed by atoms with van der Waals surface area (Å²) in [7, 11) is -3.74. The van der Waals surface area contributed by atoms with Crippen LogP contribution in [0.3, 0.4) is 0 Å². The first kappa shape index (κ1) is 19.9. The number of rotatable bonds is 9. The van der Waals surface area contributed by atoms with Gasteiger partial charge in [0, 0.05) is 25.7 Å². The van der Waals surface area contributed by atoms with E-state index in [9.17, 15) is 18.5 Å². The molecule has 0 aromatic heterocycles. The van der Waals surface area contributed by atoms with Crippen molar-refractivity contribution in [1.29, 1.82) is 0 Å². The van der Waals surface area contributed by atoms with Crippen molar-refractivity contribution in [1.82, 2.24) is 4.31 Å². The Morgan fingerprint density at radius 3 is 2.31 bits per heavy atom. The van der Waals surface area contributed by atoms with E-state index in [1.54, 1.807) is 13.8 Å². The van der Waals surface area contributed by atoms with Crippen molar-refractivity contribution >= 4 is 21.4 Å². The number of nitro benzene ring substituents is 1. The number of hydrogen-bond acceptors (Lipinski definition) is 5. The summed E-state index contributed by atoms with van der Waals surface area (Å²) in [5.74, 6) is 0. The molecule has 0 fully saturated rings. The zero-order valence-corrected chi connectivity index (χ0v) is 15.7. The first-order valence-electron chi connectivity index (χ1n) is 8.46. The summed E-state index contributed by atoms with van der Waals surface area (Å²) in [5, 5.41) is 14.4. The predicted molar refractivity (Wildman–Crippen MR) is 102 cm³/mol. The quantitative estimate of drug-likeness (QED) is 0.535. The van der Waals surface area contributed by atoms with E-state index < -0.39 is 14.9 Å². The maximum Gasteiger partial charge on any atom is 0.293 e. The fourth-order valence-electron chi connectivity index (χ4n) is 2.67. The second kappa shape index (κ2) is 8.77. The van der Waals surface area contributed by atoms with Gasteiger partial charge in [-0.25, -0.2) is 8.42 Å². The van der Waals surface area contributed by atoms with Crippen molar-refractivity contribution < 1.29 is 13.3 Å². The van der Waals surface area contributed by atoms with Crippen LogP contribution in [0.15, 0.2) is 53.4 Å². The Balaban J connectivity index is 2.22. The van der Waals surface area contributed by atoms with Gasteiger partial charge in [0.2, 0.25) is 10.0 Å². The molecular weight excluding hydrogens is 354 g/mol. The van der Waals surface area contributed by atoms with E-state index in [1.165, 1.54) is 16.4 Å². The number of anilines is 1. The maximum atomic E-state index is 12.6. The van der Waals surface area contributed by atoms with Gasteiger partial charge in [-0.05, 0) is 24.1 Å². The van der Waals surface area contributed by atoms with Crippen LogP contribution < -0.4 is 5.32 Å². The summed E-state index contributed by atoms with van der Waals surface area (Å²) in [6, 6.07) is 13.8. The van der Waals surface area contributed by atoms with Gasteiger partial charge in [-0.1, -0.05) is 44.2 Å². The molecule has 0 bridgehead atoms. The number of hydrogen-bond donors (Lipinski definition) is 1. The smallest absolute Gasteiger partial charge is 0.293 e. The third-order valence-electron chi connectivity index (χ3n) is 4.08. The molecule has 0 saturated heterocycles.